The number of piperazine rings is 1. The van der Waals surface area contributed by atoms with Crippen molar-refractivity contribution in [1.82, 2.24) is 14.7 Å². The predicted octanol–water partition coefficient (Wildman–Crippen LogP) is 2.34. The molecule has 0 aromatic rings. The molecular formula is C17H29N3. The van der Waals surface area contributed by atoms with Crippen LogP contribution in [0, 0.1) is 0 Å². The van der Waals surface area contributed by atoms with Crippen molar-refractivity contribution in [3.8, 4) is 0 Å². The third-order valence-corrected chi connectivity index (χ3v) is 4.49. The van der Waals surface area contributed by atoms with Gasteiger partial charge < -0.3 is 9.80 Å². The van der Waals surface area contributed by atoms with Crippen molar-refractivity contribution >= 4 is 0 Å². The summed E-state index contributed by atoms with van der Waals surface area (Å²) in [6, 6.07) is 0.776. The van der Waals surface area contributed by atoms with Crippen molar-refractivity contribution in [1.29, 1.82) is 0 Å². The summed E-state index contributed by atoms with van der Waals surface area (Å²) in [5.74, 6) is 0. The zero-order chi connectivity index (χ0) is 14.5. The first-order valence-corrected chi connectivity index (χ1v) is 7.76. The molecule has 0 radical (unpaired) electrons. The minimum Gasteiger partial charge on any atom is -0.372 e. The van der Waals surface area contributed by atoms with Crippen LogP contribution in [-0.2, 0) is 0 Å². The van der Waals surface area contributed by atoms with Gasteiger partial charge in [0.2, 0.25) is 0 Å². The summed E-state index contributed by atoms with van der Waals surface area (Å²) in [7, 11) is 2.22. The second kappa shape index (κ2) is 7.09. The van der Waals surface area contributed by atoms with Crippen LogP contribution in [0.2, 0.25) is 0 Å². The number of piperidine rings is 1. The van der Waals surface area contributed by atoms with Crippen LogP contribution < -0.4 is 0 Å². The average Bonchev–Trinajstić information content (AvgIpc) is 2.46. The lowest BCUT2D eigenvalue weighted by atomic mass is 10.0. The summed E-state index contributed by atoms with van der Waals surface area (Å²) in [6.45, 7) is 17.3. The van der Waals surface area contributed by atoms with Gasteiger partial charge in [-0.1, -0.05) is 24.8 Å². The van der Waals surface area contributed by atoms with Crippen LogP contribution >= 0.6 is 0 Å². The first kappa shape index (κ1) is 15.3. The summed E-state index contributed by atoms with van der Waals surface area (Å²) >= 11 is 0. The molecule has 0 bridgehead atoms. The number of hydrogen-bond donors (Lipinski definition) is 0. The Kier molecular flexibility index (Phi) is 5.44. The van der Waals surface area contributed by atoms with Crippen LogP contribution in [-0.4, -0.2) is 67.1 Å². The third kappa shape index (κ3) is 4.22. The van der Waals surface area contributed by atoms with E-state index < -0.39 is 0 Å². The van der Waals surface area contributed by atoms with Gasteiger partial charge in [-0.2, -0.15) is 0 Å². The third-order valence-electron chi connectivity index (χ3n) is 4.49. The Morgan fingerprint density at radius 1 is 0.950 bits per heavy atom. The number of allylic oxidation sites excluding steroid dienone is 3. The van der Waals surface area contributed by atoms with Crippen molar-refractivity contribution < 1.29 is 0 Å². The van der Waals surface area contributed by atoms with Crippen molar-refractivity contribution in [3.05, 3.63) is 36.6 Å². The maximum absolute atomic E-state index is 4.18. The second-order valence-corrected chi connectivity index (χ2v) is 6.23. The van der Waals surface area contributed by atoms with E-state index in [1.807, 2.05) is 6.92 Å². The van der Waals surface area contributed by atoms with E-state index in [9.17, 15) is 0 Å². The molecular weight excluding hydrogens is 246 g/mol. The van der Waals surface area contributed by atoms with Gasteiger partial charge in [-0.25, -0.2) is 0 Å². The summed E-state index contributed by atoms with van der Waals surface area (Å²) in [5, 5.41) is 0. The summed E-state index contributed by atoms with van der Waals surface area (Å²) < 4.78 is 0. The zero-order valence-electron chi connectivity index (χ0n) is 13.1. The van der Waals surface area contributed by atoms with Gasteiger partial charge in [0.1, 0.15) is 0 Å². The van der Waals surface area contributed by atoms with Crippen molar-refractivity contribution in [2.24, 2.45) is 0 Å². The Morgan fingerprint density at radius 3 is 2.10 bits per heavy atom. The van der Waals surface area contributed by atoms with Gasteiger partial charge in [0.05, 0.1) is 0 Å². The summed E-state index contributed by atoms with van der Waals surface area (Å²) in [4.78, 5) is 7.52. The van der Waals surface area contributed by atoms with E-state index in [4.69, 9.17) is 0 Å². The molecule has 2 aliphatic heterocycles. The Bertz CT molecular complexity index is 370. The fourth-order valence-electron chi connectivity index (χ4n) is 3.05. The monoisotopic (exact) mass is 275 g/mol. The molecule has 3 nitrogen and oxygen atoms in total. The molecule has 20 heavy (non-hydrogen) atoms. The number of likely N-dealkylation sites (N-methyl/N-ethyl adjacent to an activating group) is 1. The first-order valence-electron chi connectivity index (χ1n) is 7.76. The van der Waals surface area contributed by atoms with E-state index in [1.165, 1.54) is 39.0 Å². The maximum Gasteiger partial charge on any atom is 0.0293 e. The molecule has 0 N–H and O–H groups in total. The van der Waals surface area contributed by atoms with Gasteiger partial charge in [-0.05, 0) is 32.9 Å². The summed E-state index contributed by atoms with van der Waals surface area (Å²) in [5.41, 5.74) is 2.21. The lowest BCUT2D eigenvalue weighted by Gasteiger charge is -2.42. The zero-order valence-corrected chi connectivity index (χ0v) is 13.1. The lowest BCUT2D eigenvalue weighted by Crippen LogP contribution is -2.52. The van der Waals surface area contributed by atoms with Crippen molar-refractivity contribution in [2.45, 2.75) is 25.8 Å². The van der Waals surface area contributed by atoms with Gasteiger partial charge in [-0.3, -0.25) is 4.90 Å². The maximum atomic E-state index is 4.18. The van der Waals surface area contributed by atoms with Gasteiger partial charge in [-0.15, -0.1) is 0 Å². The second-order valence-electron chi connectivity index (χ2n) is 6.23. The minimum absolute atomic E-state index is 0.776. The Balaban J connectivity index is 1.77. The molecule has 0 amide bonds. The van der Waals surface area contributed by atoms with Gasteiger partial charge in [0.15, 0.2) is 0 Å². The molecule has 2 rings (SSSR count). The molecule has 0 aromatic carbocycles. The minimum atomic E-state index is 0.776. The van der Waals surface area contributed by atoms with Crippen LogP contribution in [0.4, 0.5) is 0 Å². The van der Waals surface area contributed by atoms with E-state index in [-0.39, 0.29) is 0 Å². The van der Waals surface area contributed by atoms with Crippen molar-refractivity contribution in [3.63, 3.8) is 0 Å². The molecule has 2 fully saturated rings. The normalized spacial score (nSPS) is 23.4. The van der Waals surface area contributed by atoms with Crippen LogP contribution in [0.5, 0.6) is 0 Å². The molecule has 2 saturated heterocycles. The van der Waals surface area contributed by atoms with Crippen molar-refractivity contribution in [2.75, 3.05) is 46.3 Å². The fraction of sp³-hybridized carbons (Fsp3) is 0.647. The molecule has 0 spiro atoms. The highest BCUT2D eigenvalue weighted by atomic mass is 15.3. The molecule has 2 aliphatic rings. The molecule has 0 aromatic heterocycles. The number of rotatable bonds is 4. The van der Waals surface area contributed by atoms with Crippen LogP contribution in [0.25, 0.3) is 0 Å². The molecule has 3 heteroatoms. The lowest BCUT2D eigenvalue weighted by molar-refractivity contribution is 0.0766. The largest absolute Gasteiger partial charge is 0.372 e. The topological polar surface area (TPSA) is 9.72 Å². The number of nitrogens with zero attached hydrogens (tertiary/aromatic N) is 3. The summed E-state index contributed by atoms with van der Waals surface area (Å²) in [6.07, 6.45) is 6.68. The highest BCUT2D eigenvalue weighted by Crippen LogP contribution is 2.20. The van der Waals surface area contributed by atoms with Gasteiger partial charge in [0.25, 0.3) is 0 Å². The molecule has 0 atom stereocenters. The van der Waals surface area contributed by atoms with Crippen LogP contribution in [0.15, 0.2) is 36.6 Å². The molecule has 112 valence electrons. The van der Waals surface area contributed by atoms with E-state index in [0.717, 1.165) is 30.4 Å². The molecule has 2 heterocycles. The predicted molar refractivity (Wildman–Crippen MR) is 86.8 cm³/mol. The van der Waals surface area contributed by atoms with E-state index in [1.54, 1.807) is 0 Å². The van der Waals surface area contributed by atoms with E-state index in [2.05, 4.69) is 47.1 Å². The standard InChI is InChI=1S/C17H29N3/c1-15(2)5-6-16(3)19-9-7-17(8-10-19)20-13-11-18(4)12-14-20/h5-6,17H,1,3,7-14H2,2,4H3/b6-5-. The number of likely N-dealkylation sites (tertiary alicyclic amines) is 1. The Morgan fingerprint density at radius 2 is 1.55 bits per heavy atom. The fourth-order valence-corrected chi connectivity index (χ4v) is 3.05. The highest BCUT2D eigenvalue weighted by Gasteiger charge is 2.26. The molecule has 0 aliphatic carbocycles. The van der Waals surface area contributed by atoms with E-state index in [0.29, 0.717) is 0 Å². The smallest absolute Gasteiger partial charge is 0.0293 e. The van der Waals surface area contributed by atoms with Gasteiger partial charge >= 0.3 is 0 Å². The van der Waals surface area contributed by atoms with E-state index >= 15 is 0 Å². The molecule has 0 saturated carbocycles. The highest BCUT2D eigenvalue weighted by molar-refractivity contribution is 5.22. The first-order chi connectivity index (χ1) is 9.56. The average molecular weight is 275 g/mol. The quantitative estimate of drug-likeness (QED) is 0.729. The number of hydrogen-bond acceptors (Lipinski definition) is 3. The van der Waals surface area contributed by atoms with Crippen LogP contribution in [0.1, 0.15) is 19.8 Å². The Hall–Kier alpha value is -1.06. The SMILES string of the molecule is C=C(C)/C=C\C(=C)N1CCC(N2CCN(C)CC2)CC1. The Labute approximate surface area is 124 Å². The van der Waals surface area contributed by atoms with Gasteiger partial charge in [0, 0.05) is 51.0 Å². The van der Waals surface area contributed by atoms with Crippen LogP contribution in [0.3, 0.4) is 0 Å². The molecule has 0 unspecified atom stereocenters.